The van der Waals surface area contributed by atoms with E-state index < -0.39 is 5.97 Å². The maximum atomic E-state index is 11.0. The van der Waals surface area contributed by atoms with Crippen molar-refractivity contribution in [2.24, 2.45) is 5.92 Å². The van der Waals surface area contributed by atoms with Gasteiger partial charge in [-0.1, -0.05) is 11.8 Å². The molecule has 0 amide bonds. The predicted octanol–water partition coefficient (Wildman–Crippen LogP) is 2.15. The maximum absolute atomic E-state index is 11.0. The van der Waals surface area contributed by atoms with Gasteiger partial charge in [0.25, 0.3) is 0 Å². The van der Waals surface area contributed by atoms with Crippen LogP contribution in [0.25, 0.3) is 0 Å². The first-order valence-corrected chi connectivity index (χ1v) is 5.13. The standard InChI is InChI=1S/C13H12O3/c1-16-11-7-6-10(5-4-9-2-3-9)12(8-11)13(14)15/h6-9H,2-3H2,1H3,(H,14,15). The molecule has 0 unspecified atom stereocenters. The lowest BCUT2D eigenvalue weighted by atomic mass is 10.1. The number of aromatic carboxylic acids is 1. The third kappa shape index (κ3) is 2.34. The number of carboxylic acids is 1. The minimum atomic E-state index is -0.973. The van der Waals surface area contributed by atoms with E-state index in [0.717, 1.165) is 12.8 Å². The van der Waals surface area contributed by atoms with Crippen LogP contribution in [-0.2, 0) is 0 Å². The van der Waals surface area contributed by atoms with E-state index in [1.807, 2.05) is 0 Å². The number of carboxylic acid groups (broad SMARTS) is 1. The molecule has 0 radical (unpaired) electrons. The molecule has 0 saturated heterocycles. The summed E-state index contributed by atoms with van der Waals surface area (Å²) in [5.74, 6) is 6.00. The molecule has 0 heterocycles. The Balaban J connectivity index is 2.36. The number of methoxy groups -OCH3 is 1. The van der Waals surface area contributed by atoms with Crippen molar-refractivity contribution in [2.75, 3.05) is 7.11 Å². The summed E-state index contributed by atoms with van der Waals surface area (Å²) < 4.78 is 4.99. The zero-order valence-corrected chi connectivity index (χ0v) is 8.99. The van der Waals surface area contributed by atoms with Crippen molar-refractivity contribution in [1.29, 1.82) is 0 Å². The fourth-order valence-electron chi connectivity index (χ4n) is 1.34. The SMILES string of the molecule is COc1ccc(C#CC2CC2)c(C(=O)O)c1. The van der Waals surface area contributed by atoms with Gasteiger partial charge in [0.15, 0.2) is 0 Å². The van der Waals surface area contributed by atoms with Crippen LogP contribution in [0, 0.1) is 17.8 Å². The van der Waals surface area contributed by atoms with E-state index >= 15 is 0 Å². The molecule has 1 N–H and O–H groups in total. The number of hydrogen-bond donors (Lipinski definition) is 1. The van der Waals surface area contributed by atoms with Gasteiger partial charge in [-0.2, -0.15) is 0 Å². The molecule has 1 aliphatic rings. The summed E-state index contributed by atoms with van der Waals surface area (Å²) in [6.45, 7) is 0. The Labute approximate surface area is 94.0 Å². The average molecular weight is 216 g/mol. The van der Waals surface area contributed by atoms with Crippen molar-refractivity contribution in [2.45, 2.75) is 12.8 Å². The summed E-state index contributed by atoms with van der Waals surface area (Å²) in [6.07, 6.45) is 2.26. The molecule has 0 atom stereocenters. The van der Waals surface area contributed by atoms with Crippen LogP contribution in [0.2, 0.25) is 0 Å². The van der Waals surface area contributed by atoms with Crippen molar-refractivity contribution >= 4 is 5.97 Å². The summed E-state index contributed by atoms with van der Waals surface area (Å²) in [4.78, 5) is 11.0. The Hall–Kier alpha value is -1.95. The van der Waals surface area contributed by atoms with E-state index in [0.29, 0.717) is 17.2 Å². The van der Waals surface area contributed by atoms with Gasteiger partial charge in [-0.25, -0.2) is 4.79 Å². The molecular weight excluding hydrogens is 204 g/mol. The van der Waals surface area contributed by atoms with Gasteiger partial charge >= 0.3 is 5.97 Å². The van der Waals surface area contributed by atoms with Crippen LogP contribution in [0.4, 0.5) is 0 Å². The molecule has 16 heavy (non-hydrogen) atoms. The van der Waals surface area contributed by atoms with Crippen LogP contribution >= 0.6 is 0 Å². The third-order valence-electron chi connectivity index (χ3n) is 2.45. The summed E-state index contributed by atoms with van der Waals surface area (Å²) in [6, 6.07) is 4.92. The first-order chi connectivity index (χ1) is 7.70. The zero-order valence-electron chi connectivity index (χ0n) is 8.99. The first-order valence-electron chi connectivity index (χ1n) is 5.13. The lowest BCUT2D eigenvalue weighted by Crippen LogP contribution is -2.00. The molecule has 1 saturated carbocycles. The summed E-state index contributed by atoms with van der Waals surface area (Å²) >= 11 is 0. The van der Waals surface area contributed by atoms with E-state index in [4.69, 9.17) is 9.84 Å². The fraction of sp³-hybridized carbons (Fsp3) is 0.308. The Morgan fingerprint density at radius 1 is 1.50 bits per heavy atom. The van der Waals surface area contributed by atoms with Crippen LogP contribution in [0.3, 0.4) is 0 Å². The molecule has 2 rings (SSSR count). The minimum absolute atomic E-state index is 0.201. The molecule has 0 spiro atoms. The van der Waals surface area contributed by atoms with Crippen LogP contribution in [0.5, 0.6) is 5.75 Å². The van der Waals surface area contributed by atoms with Crippen LogP contribution in [0.15, 0.2) is 18.2 Å². The highest BCUT2D eigenvalue weighted by molar-refractivity contribution is 5.91. The molecule has 1 aromatic carbocycles. The van der Waals surface area contributed by atoms with Gasteiger partial charge in [-0.05, 0) is 31.0 Å². The van der Waals surface area contributed by atoms with E-state index in [1.165, 1.54) is 13.2 Å². The number of carbonyl (C=O) groups is 1. The summed E-state index contributed by atoms with van der Waals surface area (Å²) in [5, 5.41) is 9.04. The smallest absolute Gasteiger partial charge is 0.337 e. The number of benzene rings is 1. The third-order valence-corrected chi connectivity index (χ3v) is 2.45. The van der Waals surface area contributed by atoms with Gasteiger partial charge in [0, 0.05) is 11.5 Å². The molecule has 3 nitrogen and oxygen atoms in total. The normalized spacial score (nSPS) is 13.8. The Morgan fingerprint density at radius 2 is 2.25 bits per heavy atom. The molecule has 0 aromatic heterocycles. The topological polar surface area (TPSA) is 46.5 Å². The van der Waals surface area contributed by atoms with Gasteiger partial charge in [0.2, 0.25) is 0 Å². The van der Waals surface area contributed by atoms with E-state index in [2.05, 4.69) is 11.8 Å². The summed E-state index contributed by atoms with van der Waals surface area (Å²) in [5.41, 5.74) is 0.757. The first kappa shape index (κ1) is 10.6. The van der Waals surface area contributed by atoms with Crippen molar-refractivity contribution in [3.8, 4) is 17.6 Å². The second kappa shape index (κ2) is 4.28. The lowest BCUT2D eigenvalue weighted by Gasteiger charge is -2.03. The predicted molar refractivity (Wildman–Crippen MR) is 59.6 cm³/mol. The largest absolute Gasteiger partial charge is 0.497 e. The van der Waals surface area contributed by atoms with Gasteiger partial charge in [-0.15, -0.1) is 0 Å². The lowest BCUT2D eigenvalue weighted by molar-refractivity contribution is 0.0696. The molecule has 0 aliphatic heterocycles. The Bertz CT molecular complexity index is 476. The molecule has 0 bridgehead atoms. The minimum Gasteiger partial charge on any atom is -0.497 e. The monoisotopic (exact) mass is 216 g/mol. The van der Waals surface area contributed by atoms with E-state index in [9.17, 15) is 4.79 Å². The van der Waals surface area contributed by atoms with Crippen molar-refractivity contribution in [3.05, 3.63) is 29.3 Å². The van der Waals surface area contributed by atoms with Crippen LogP contribution in [-0.4, -0.2) is 18.2 Å². The second-order valence-electron chi connectivity index (χ2n) is 3.76. The average Bonchev–Trinajstić information content (AvgIpc) is 3.09. The Kier molecular flexibility index (Phi) is 2.82. The van der Waals surface area contributed by atoms with Gasteiger partial charge in [0.05, 0.1) is 12.7 Å². The number of rotatable bonds is 2. The Morgan fingerprint density at radius 3 is 2.81 bits per heavy atom. The number of ether oxygens (including phenoxy) is 1. The highest BCUT2D eigenvalue weighted by atomic mass is 16.5. The van der Waals surface area contributed by atoms with Gasteiger partial charge in [-0.3, -0.25) is 0 Å². The number of hydrogen-bond acceptors (Lipinski definition) is 2. The molecule has 1 aliphatic carbocycles. The van der Waals surface area contributed by atoms with Crippen molar-refractivity contribution in [1.82, 2.24) is 0 Å². The van der Waals surface area contributed by atoms with E-state index in [1.54, 1.807) is 12.1 Å². The molecule has 1 aromatic rings. The quantitative estimate of drug-likeness (QED) is 0.770. The van der Waals surface area contributed by atoms with Crippen molar-refractivity contribution in [3.63, 3.8) is 0 Å². The molecule has 1 fully saturated rings. The molecular formula is C13H12O3. The van der Waals surface area contributed by atoms with Gasteiger partial charge in [0.1, 0.15) is 5.75 Å². The van der Waals surface area contributed by atoms with Crippen LogP contribution in [0.1, 0.15) is 28.8 Å². The summed E-state index contributed by atoms with van der Waals surface area (Å²) in [7, 11) is 1.51. The molecule has 3 heteroatoms. The molecule has 82 valence electrons. The van der Waals surface area contributed by atoms with Crippen molar-refractivity contribution < 1.29 is 14.6 Å². The van der Waals surface area contributed by atoms with Crippen LogP contribution < -0.4 is 4.74 Å². The van der Waals surface area contributed by atoms with Gasteiger partial charge < -0.3 is 9.84 Å². The van der Waals surface area contributed by atoms with E-state index in [-0.39, 0.29) is 5.56 Å². The highest BCUT2D eigenvalue weighted by Crippen LogP contribution is 2.28. The maximum Gasteiger partial charge on any atom is 0.337 e. The second-order valence-corrected chi connectivity index (χ2v) is 3.76. The fourth-order valence-corrected chi connectivity index (χ4v) is 1.34. The highest BCUT2D eigenvalue weighted by Gasteiger charge is 2.18. The zero-order chi connectivity index (χ0) is 11.5.